The van der Waals surface area contributed by atoms with Crippen LogP contribution in [0.1, 0.15) is 5.56 Å². The summed E-state index contributed by atoms with van der Waals surface area (Å²) in [6, 6.07) is 16.9. The van der Waals surface area contributed by atoms with E-state index in [1.807, 2.05) is 49.4 Å². The van der Waals surface area contributed by atoms with Gasteiger partial charge in [-0.15, -0.1) is 0 Å². The molecule has 0 aliphatic heterocycles. The highest BCUT2D eigenvalue weighted by Gasteiger charge is 2.10. The molecule has 1 aromatic heterocycles. The molecule has 0 aliphatic carbocycles. The van der Waals surface area contributed by atoms with Gasteiger partial charge in [-0.05, 0) is 19.1 Å². The summed E-state index contributed by atoms with van der Waals surface area (Å²) in [5, 5.41) is 0. The molecule has 0 spiro atoms. The lowest BCUT2D eigenvalue weighted by Gasteiger charge is -2.03. The van der Waals surface area contributed by atoms with Crippen molar-refractivity contribution < 1.29 is 9.53 Å². The Hall–Kier alpha value is -2.88. The lowest BCUT2D eigenvalue weighted by atomic mass is 10.1. The SMILES string of the molecule is Cc1ccc(-c2cn(C(=O)Oc3ccccc3)cn2)cc1. The highest BCUT2D eigenvalue weighted by molar-refractivity contribution is 5.74. The second-order valence-corrected chi connectivity index (χ2v) is 4.71. The predicted octanol–water partition coefficient (Wildman–Crippen LogP) is 3.91. The lowest BCUT2D eigenvalue weighted by molar-refractivity contribution is 0.202. The first-order valence-corrected chi connectivity index (χ1v) is 6.60. The Morgan fingerprint density at radius 2 is 1.76 bits per heavy atom. The van der Waals surface area contributed by atoms with Crippen molar-refractivity contribution in [3.05, 3.63) is 72.7 Å². The first-order chi connectivity index (χ1) is 10.2. The minimum Gasteiger partial charge on any atom is -0.410 e. The molecule has 0 aliphatic rings. The molecule has 21 heavy (non-hydrogen) atoms. The summed E-state index contributed by atoms with van der Waals surface area (Å²) in [5.41, 5.74) is 2.88. The summed E-state index contributed by atoms with van der Waals surface area (Å²) in [4.78, 5) is 16.3. The third-order valence-corrected chi connectivity index (χ3v) is 3.09. The van der Waals surface area contributed by atoms with Crippen molar-refractivity contribution in [3.63, 3.8) is 0 Å². The molecule has 1 heterocycles. The van der Waals surface area contributed by atoms with Gasteiger partial charge >= 0.3 is 6.09 Å². The van der Waals surface area contributed by atoms with Crippen LogP contribution in [0.5, 0.6) is 5.75 Å². The zero-order valence-corrected chi connectivity index (χ0v) is 11.6. The standard InChI is InChI=1S/C17H14N2O2/c1-13-7-9-14(10-8-13)16-11-19(12-18-16)17(20)21-15-5-3-2-4-6-15/h2-12H,1H3. The predicted molar refractivity (Wildman–Crippen MR) is 80.3 cm³/mol. The van der Waals surface area contributed by atoms with Crippen LogP contribution in [0.2, 0.25) is 0 Å². The molecule has 4 nitrogen and oxygen atoms in total. The third kappa shape index (κ3) is 3.00. The van der Waals surface area contributed by atoms with Crippen LogP contribution >= 0.6 is 0 Å². The fourth-order valence-corrected chi connectivity index (χ4v) is 1.94. The van der Waals surface area contributed by atoms with E-state index >= 15 is 0 Å². The summed E-state index contributed by atoms with van der Waals surface area (Å²) in [6.07, 6.45) is 2.64. The number of carbonyl (C=O) groups excluding carboxylic acids is 1. The quantitative estimate of drug-likeness (QED) is 0.714. The molecule has 0 bridgehead atoms. The van der Waals surface area contributed by atoms with Crippen molar-refractivity contribution in [2.45, 2.75) is 6.92 Å². The molecule has 0 unspecified atom stereocenters. The van der Waals surface area contributed by atoms with Crippen molar-refractivity contribution in [1.29, 1.82) is 0 Å². The van der Waals surface area contributed by atoms with E-state index in [9.17, 15) is 4.79 Å². The average molecular weight is 278 g/mol. The van der Waals surface area contributed by atoms with Gasteiger partial charge in [0, 0.05) is 11.8 Å². The second-order valence-electron chi connectivity index (χ2n) is 4.71. The van der Waals surface area contributed by atoms with Crippen LogP contribution in [-0.4, -0.2) is 15.6 Å². The highest BCUT2D eigenvalue weighted by Crippen LogP contribution is 2.18. The highest BCUT2D eigenvalue weighted by atomic mass is 16.6. The number of hydrogen-bond acceptors (Lipinski definition) is 3. The van der Waals surface area contributed by atoms with Gasteiger partial charge in [-0.3, -0.25) is 0 Å². The van der Waals surface area contributed by atoms with Gasteiger partial charge in [0.2, 0.25) is 0 Å². The molecule has 0 N–H and O–H groups in total. The lowest BCUT2D eigenvalue weighted by Crippen LogP contribution is -2.14. The minimum atomic E-state index is -0.480. The van der Waals surface area contributed by atoms with E-state index in [2.05, 4.69) is 4.98 Å². The number of aromatic nitrogens is 2. The largest absolute Gasteiger partial charge is 0.424 e. The van der Waals surface area contributed by atoms with Crippen molar-refractivity contribution in [1.82, 2.24) is 9.55 Å². The van der Waals surface area contributed by atoms with Crippen molar-refractivity contribution in [2.24, 2.45) is 0 Å². The summed E-state index contributed by atoms with van der Waals surface area (Å²) in [5.74, 6) is 0.507. The smallest absolute Gasteiger partial charge is 0.410 e. The molecule has 2 aromatic carbocycles. The molecular weight excluding hydrogens is 264 g/mol. The van der Waals surface area contributed by atoms with Gasteiger partial charge in [-0.2, -0.15) is 0 Å². The molecule has 104 valence electrons. The van der Waals surface area contributed by atoms with Gasteiger partial charge in [-0.1, -0.05) is 48.0 Å². The van der Waals surface area contributed by atoms with E-state index in [0.29, 0.717) is 5.75 Å². The molecular formula is C17H14N2O2. The maximum absolute atomic E-state index is 12.0. The van der Waals surface area contributed by atoms with E-state index < -0.39 is 6.09 Å². The molecule has 4 heteroatoms. The minimum absolute atomic E-state index is 0.480. The van der Waals surface area contributed by atoms with Crippen LogP contribution < -0.4 is 4.74 Å². The number of imidazole rings is 1. The number of benzene rings is 2. The Balaban J connectivity index is 1.78. The fraction of sp³-hybridized carbons (Fsp3) is 0.0588. The van der Waals surface area contributed by atoms with Gasteiger partial charge < -0.3 is 4.74 Å². The van der Waals surface area contributed by atoms with Crippen molar-refractivity contribution in [3.8, 4) is 17.0 Å². The van der Waals surface area contributed by atoms with E-state index in [1.54, 1.807) is 18.3 Å². The summed E-state index contributed by atoms with van der Waals surface area (Å²) in [6.45, 7) is 2.03. The zero-order valence-electron chi connectivity index (χ0n) is 11.6. The van der Waals surface area contributed by atoms with Crippen LogP contribution in [0.15, 0.2) is 67.1 Å². The number of carbonyl (C=O) groups is 1. The van der Waals surface area contributed by atoms with Gasteiger partial charge in [0.15, 0.2) is 0 Å². The number of nitrogens with zero attached hydrogens (tertiary/aromatic N) is 2. The number of hydrogen-bond donors (Lipinski definition) is 0. The van der Waals surface area contributed by atoms with Crippen LogP contribution in [0.3, 0.4) is 0 Å². The topological polar surface area (TPSA) is 44.1 Å². The molecule has 3 aromatic rings. The third-order valence-electron chi connectivity index (χ3n) is 3.09. The molecule has 3 rings (SSSR count). The van der Waals surface area contributed by atoms with Crippen LogP contribution in [0.25, 0.3) is 11.3 Å². The molecule has 0 saturated heterocycles. The summed E-state index contributed by atoms with van der Waals surface area (Å²) in [7, 11) is 0. The number of rotatable bonds is 2. The monoisotopic (exact) mass is 278 g/mol. The molecule has 0 saturated carbocycles. The Morgan fingerprint density at radius 3 is 2.48 bits per heavy atom. The van der Waals surface area contributed by atoms with Gasteiger partial charge in [0.1, 0.15) is 12.1 Å². The van der Waals surface area contributed by atoms with E-state index in [0.717, 1.165) is 11.3 Å². The normalized spacial score (nSPS) is 10.3. The fourth-order valence-electron chi connectivity index (χ4n) is 1.94. The van der Waals surface area contributed by atoms with Crippen LogP contribution in [0, 0.1) is 6.92 Å². The molecule has 0 radical (unpaired) electrons. The molecule has 0 fully saturated rings. The Bertz CT molecular complexity index is 746. The number of ether oxygens (including phenoxy) is 1. The van der Waals surface area contributed by atoms with Crippen LogP contribution in [-0.2, 0) is 0 Å². The Morgan fingerprint density at radius 1 is 1.05 bits per heavy atom. The Labute approximate surface area is 122 Å². The summed E-state index contributed by atoms with van der Waals surface area (Å²) >= 11 is 0. The number of para-hydroxylation sites is 1. The molecule has 0 atom stereocenters. The van der Waals surface area contributed by atoms with Crippen LogP contribution in [0.4, 0.5) is 4.79 Å². The summed E-state index contributed by atoms with van der Waals surface area (Å²) < 4.78 is 6.59. The van der Waals surface area contributed by atoms with Gasteiger partial charge in [0.25, 0.3) is 0 Å². The second kappa shape index (κ2) is 5.63. The maximum Gasteiger partial charge on any atom is 0.424 e. The zero-order chi connectivity index (χ0) is 14.7. The molecule has 0 amide bonds. The Kier molecular flexibility index (Phi) is 3.51. The maximum atomic E-state index is 12.0. The van der Waals surface area contributed by atoms with E-state index in [4.69, 9.17) is 4.74 Å². The van der Waals surface area contributed by atoms with Crippen molar-refractivity contribution >= 4 is 6.09 Å². The first kappa shape index (κ1) is 13.1. The average Bonchev–Trinajstić information content (AvgIpc) is 2.99. The van der Waals surface area contributed by atoms with Gasteiger partial charge in [0.05, 0.1) is 5.69 Å². The number of aryl methyl sites for hydroxylation is 1. The van der Waals surface area contributed by atoms with Gasteiger partial charge in [-0.25, -0.2) is 14.3 Å². The first-order valence-electron chi connectivity index (χ1n) is 6.60. The van der Waals surface area contributed by atoms with Crippen molar-refractivity contribution in [2.75, 3.05) is 0 Å². The van der Waals surface area contributed by atoms with E-state index in [-0.39, 0.29) is 0 Å². The van der Waals surface area contributed by atoms with E-state index in [1.165, 1.54) is 16.5 Å².